The smallest absolute Gasteiger partial charge is 0.315 e. The van der Waals surface area contributed by atoms with E-state index in [1.807, 2.05) is 6.92 Å². The van der Waals surface area contributed by atoms with Crippen LogP contribution >= 0.6 is 11.3 Å². The van der Waals surface area contributed by atoms with Crippen molar-refractivity contribution in [3.8, 4) is 0 Å². The molecule has 19 heavy (non-hydrogen) atoms. The van der Waals surface area contributed by atoms with E-state index in [2.05, 4.69) is 24.1 Å². The third-order valence-electron chi connectivity index (χ3n) is 3.29. The molecule has 1 aliphatic carbocycles. The zero-order chi connectivity index (χ0) is 13.8. The predicted octanol–water partition coefficient (Wildman–Crippen LogP) is 3.19. The van der Waals surface area contributed by atoms with Crippen LogP contribution in [0.25, 0.3) is 0 Å². The van der Waals surface area contributed by atoms with Gasteiger partial charge in [-0.2, -0.15) is 0 Å². The molecule has 0 saturated carbocycles. The van der Waals surface area contributed by atoms with Crippen molar-refractivity contribution in [2.45, 2.75) is 46.0 Å². The lowest BCUT2D eigenvalue weighted by Crippen LogP contribution is -2.14. The molecular weight excluding hydrogens is 260 g/mol. The Labute approximate surface area is 118 Å². The van der Waals surface area contributed by atoms with Crippen LogP contribution in [-0.4, -0.2) is 24.1 Å². The number of aryl methyl sites for hydroxylation is 1. The molecule has 0 aliphatic heterocycles. The third-order valence-corrected chi connectivity index (χ3v) is 4.38. The molecule has 4 nitrogen and oxygen atoms in total. The molecule has 0 radical (unpaired) electrons. The summed E-state index contributed by atoms with van der Waals surface area (Å²) in [5, 5.41) is 4.30. The number of aromatic nitrogens is 1. The first kappa shape index (κ1) is 14.3. The van der Waals surface area contributed by atoms with Crippen molar-refractivity contribution in [2.75, 3.05) is 18.5 Å². The summed E-state index contributed by atoms with van der Waals surface area (Å²) in [4.78, 5) is 17.7. The molecule has 2 rings (SSSR count). The second-order valence-electron chi connectivity index (χ2n) is 5.28. The minimum Gasteiger partial charge on any atom is -0.465 e. The number of hydrogen-bond donors (Lipinski definition) is 1. The van der Waals surface area contributed by atoms with Crippen LogP contribution in [0.5, 0.6) is 0 Å². The summed E-state index contributed by atoms with van der Waals surface area (Å²) < 4.78 is 5.11. The van der Waals surface area contributed by atoms with E-state index >= 15 is 0 Å². The Morgan fingerprint density at radius 3 is 3.05 bits per heavy atom. The summed E-state index contributed by atoms with van der Waals surface area (Å²) in [5.74, 6) is 0.415. The quantitative estimate of drug-likeness (QED) is 0.814. The number of rotatable bonds is 6. The van der Waals surface area contributed by atoms with E-state index in [1.54, 1.807) is 11.3 Å². The summed E-state index contributed by atoms with van der Waals surface area (Å²) >= 11 is 1.68. The molecule has 1 aromatic heterocycles. The van der Waals surface area contributed by atoms with Crippen LogP contribution in [0.4, 0.5) is 5.13 Å². The van der Waals surface area contributed by atoms with E-state index in [0.29, 0.717) is 12.5 Å². The fourth-order valence-electron chi connectivity index (χ4n) is 2.24. The largest absolute Gasteiger partial charge is 0.465 e. The Balaban J connectivity index is 1.97. The zero-order valence-electron chi connectivity index (χ0n) is 11.9. The molecular formula is C14H22N2O2S. The van der Waals surface area contributed by atoms with Gasteiger partial charge in [0.05, 0.1) is 12.3 Å². The first-order valence-corrected chi connectivity index (χ1v) is 7.83. The Hall–Kier alpha value is -1.10. The lowest BCUT2D eigenvalue weighted by atomic mass is 10.1. The van der Waals surface area contributed by atoms with Gasteiger partial charge in [-0.05, 0) is 32.1 Å². The highest BCUT2D eigenvalue weighted by atomic mass is 32.1. The molecule has 1 atom stereocenters. The minimum absolute atomic E-state index is 0.125. The Morgan fingerprint density at radius 2 is 2.37 bits per heavy atom. The fraction of sp³-hybridized carbons (Fsp3) is 0.714. The predicted molar refractivity (Wildman–Crippen MR) is 77.8 cm³/mol. The molecule has 1 heterocycles. The topological polar surface area (TPSA) is 51.2 Å². The zero-order valence-corrected chi connectivity index (χ0v) is 12.7. The normalized spacial score (nSPS) is 17.6. The van der Waals surface area contributed by atoms with Gasteiger partial charge in [-0.1, -0.05) is 13.8 Å². The van der Waals surface area contributed by atoms with Crippen molar-refractivity contribution < 1.29 is 9.53 Å². The van der Waals surface area contributed by atoms with E-state index in [-0.39, 0.29) is 11.9 Å². The van der Waals surface area contributed by atoms with E-state index in [9.17, 15) is 4.79 Å². The summed E-state index contributed by atoms with van der Waals surface area (Å²) in [7, 11) is 0. The van der Waals surface area contributed by atoms with E-state index in [4.69, 9.17) is 4.74 Å². The van der Waals surface area contributed by atoms with Gasteiger partial charge in [0.1, 0.15) is 5.92 Å². The van der Waals surface area contributed by atoms with Gasteiger partial charge in [0.25, 0.3) is 0 Å². The molecule has 1 unspecified atom stereocenters. The van der Waals surface area contributed by atoms with E-state index in [1.165, 1.54) is 4.88 Å². The molecule has 0 fully saturated rings. The standard InChI is InChI=1S/C14H22N2O2S/c1-4-18-13(17)10-5-6-11-12(10)16-14(19-11)15-8-7-9(2)3/h9-10H,4-8H2,1-3H3,(H,15,16). The summed E-state index contributed by atoms with van der Waals surface area (Å²) in [6.45, 7) is 7.64. The fourth-order valence-corrected chi connectivity index (χ4v) is 3.31. The van der Waals surface area contributed by atoms with Crippen molar-refractivity contribution in [3.05, 3.63) is 10.6 Å². The van der Waals surface area contributed by atoms with E-state index < -0.39 is 0 Å². The number of carbonyl (C=O) groups is 1. The molecule has 0 aromatic carbocycles. The second kappa shape index (κ2) is 6.37. The van der Waals surface area contributed by atoms with Crippen LogP contribution in [0.2, 0.25) is 0 Å². The Bertz CT molecular complexity index is 443. The number of nitrogens with one attached hydrogen (secondary N) is 1. The van der Waals surface area contributed by atoms with Crippen LogP contribution in [-0.2, 0) is 16.0 Å². The first-order chi connectivity index (χ1) is 9.11. The highest BCUT2D eigenvalue weighted by Crippen LogP contribution is 2.38. The summed E-state index contributed by atoms with van der Waals surface area (Å²) in [5.41, 5.74) is 0.940. The number of carbonyl (C=O) groups excluding carboxylic acids is 1. The van der Waals surface area contributed by atoms with Crippen LogP contribution in [0.15, 0.2) is 0 Å². The third kappa shape index (κ3) is 3.47. The van der Waals surface area contributed by atoms with Gasteiger partial charge in [-0.25, -0.2) is 4.98 Å². The number of thiazole rings is 1. The van der Waals surface area contributed by atoms with Crippen molar-refractivity contribution in [1.29, 1.82) is 0 Å². The number of hydrogen-bond acceptors (Lipinski definition) is 5. The Morgan fingerprint density at radius 1 is 1.58 bits per heavy atom. The van der Waals surface area contributed by atoms with Crippen LogP contribution in [0.1, 0.15) is 50.1 Å². The highest BCUT2D eigenvalue weighted by molar-refractivity contribution is 7.15. The average molecular weight is 282 g/mol. The van der Waals surface area contributed by atoms with E-state index in [0.717, 1.165) is 36.6 Å². The first-order valence-electron chi connectivity index (χ1n) is 7.02. The van der Waals surface area contributed by atoms with Crippen molar-refractivity contribution >= 4 is 22.4 Å². The van der Waals surface area contributed by atoms with Crippen molar-refractivity contribution in [2.24, 2.45) is 5.92 Å². The molecule has 1 aromatic rings. The number of fused-ring (bicyclic) bond motifs is 1. The maximum absolute atomic E-state index is 11.8. The van der Waals surface area contributed by atoms with Gasteiger partial charge in [-0.15, -0.1) is 11.3 Å². The Kier molecular flexibility index (Phi) is 4.80. The van der Waals surface area contributed by atoms with Gasteiger partial charge >= 0.3 is 5.97 Å². The summed E-state index contributed by atoms with van der Waals surface area (Å²) in [6.07, 6.45) is 2.92. The molecule has 5 heteroatoms. The van der Waals surface area contributed by atoms with Gasteiger partial charge in [0, 0.05) is 11.4 Å². The molecule has 0 saturated heterocycles. The maximum atomic E-state index is 11.8. The molecule has 0 amide bonds. The molecule has 0 bridgehead atoms. The summed E-state index contributed by atoms with van der Waals surface area (Å²) in [6, 6.07) is 0. The van der Waals surface area contributed by atoms with Gasteiger partial charge < -0.3 is 10.1 Å². The molecule has 106 valence electrons. The van der Waals surface area contributed by atoms with Crippen LogP contribution in [0, 0.1) is 5.92 Å². The number of ether oxygens (including phenoxy) is 1. The highest BCUT2D eigenvalue weighted by Gasteiger charge is 2.33. The maximum Gasteiger partial charge on any atom is 0.315 e. The van der Waals surface area contributed by atoms with Crippen molar-refractivity contribution in [3.63, 3.8) is 0 Å². The van der Waals surface area contributed by atoms with Crippen LogP contribution < -0.4 is 5.32 Å². The van der Waals surface area contributed by atoms with Gasteiger partial charge in [-0.3, -0.25) is 4.79 Å². The molecule has 1 N–H and O–H groups in total. The van der Waals surface area contributed by atoms with Crippen molar-refractivity contribution in [1.82, 2.24) is 4.98 Å². The SMILES string of the molecule is CCOC(=O)C1CCc2sc(NCCC(C)C)nc21. The number of esters is 1. The number of nitrogens with zero attached hydrogens (tertiary/aromatic N) is 1. The van der Waals surface area contributed by atoms with Crippen LogP contribution in [0.3, 0.4) is 0 Å². The van der Waals surface area contributed by atoms with Gasteiger partial charge in [0.2, 0.25) is 0 Å². The monoisotopic (exact) mass is 282 g/mol. The lowest BCUT2D eigenvalue weighted by molar-refractivity contribution is -0.145. The average Bonchev–Trinajstić information content (AvgIpc) is 2.87. The van der Waals surface area contributed by atoms with Gasteiger partial charge in [0.15, 0.2) is 5.13 Å². The molecule has 0 spiro atoms. The lowest BCUT2D eigenvalue weighted by Gasteiger charge is -2.08. The minimum atomic E-state index is -0.146. The number of anilines is 1. The molecule has 1 aliphatic rings. The second-order valence-corrected chi connectivity index (χ2v) is 6.36.